The van der Waals surface area contributed by atoms with Crippen LogP contribution in [0.25, 0.3) is 0 Å². The van der Waals surface area contributed by atoms with E-state index in [0.29, 0.717) is 0 Å². The Morgan fingerprint density at radius 3 is 2.59 bits per heavy atom. The molecule has 0 unspecified atom stereocenters. The molecule has 0 saturated heterocycles. The van der Waals surface area contributed by atoms with Gasteiger partial charge in [0, 0.05) is 0 Å². The molecule has 2 aromatic carbocycles. The monoisotopic (exact) mass is 228 g/mol. The Kier molecular flexibility index (Phi) is 3.50. The van der Waals surface area contributed by atoms with Crippen LogP contribution >= 0.6 is 0 Å². The van der Waals surface area contributed by atoms with E-state index in [-0.39, 0.29) is 5.82 Å². The predicted octanol–water partition coefficient (Wildman–Crippen LogP) is 3.58. The Labute approximate surface area is 99.8 Å². The average molecular weight is 228 g/mol. The van der Waals surface area contributed by atoms with Gasteiger partial charge in [-0.05, 0) is 42.3 Å². The lowest BCUT2D eigenvalue weighted by molar-refractivity contribution is 0.626. The fourth-order valence-electron chi connectivity index (χ4n) is 1.47. The summed E-state index contributed by atoms with van der Waals surface area (Å²) in [5, 5.41) is 4.10. The van der Waals surface area contributed by atoms with Gasteiger partial charge >= 0.3 is 0 Å². The third-order valence-electron chi connectivity index (χ3n) is 2.40. The van der Waals surface area contributed by atoms with Gasteiger partial charge < -0.3 is 0 Å². The molecular weight excluding hydrogens is 215 g/mol. The van der Waals surface area contributed by atoms with Crippen LogP contribution in [0.4, 0.5) is 10.1 Å². The zero-order chi connectivity index (χ0) is 12.1. The highest BCUT2D eigenvalue weighted by molar-refractivity contribution is 5.82. The van der Waals surface area contributed by atoms with Crippen molar-refractivity contribution in [2.24, 2.45) is 5.10 Å². The van der Waals surface area contributed by atoms with Crippen LogP contribution in [0.1, 0.15) is 11.1 Å². The molecule has 1 N–H and O–H groups in total. The molecule has 0 saturated carbocycles. The molecule has 0 aromatic heterocycles. The van der Waals surface area contributed by atoms with Crippen LogP contribution in [0.15, 0.2) is 53.6 Å². The summed E-state index contributed by atoms with van der Waals surface area (Å²) in [6, 6.07) is 14.3. The second-order valence-electron chi connectivity index (χ2n) is 3.74. The summed E-state index contributed by atoms with van der Waals surface area (Å²) in [6.07, 6.45) is 1.68. The molecule has 0 aliphatic rings. The number of nitrogens with one attached hydrogen (secondary N) is 1. The molecule has 0 atom stereocenters. The van der Waals surface area contributed by atoms with Gasteiger partial charge in [-0.1, -0.05) is 24.3 Å². The molecule has 0 aliphatic carbocycles. The second kappa shape index (κ2) is 5.25. The fourth-order valence-corrected chi connectivity index (χ4v) is 1.47. The van der Waals surface area contributed by atoms with E-state index >= 15 is 0 Å². The van der Waals surface area contributed by atoms with Crippen molar-refractivity contribution in [1.82, 2.24) is 0 Å². The fraction of sp³-hybridized carbons (Fsp3) is 0.0714. The molecule has 0 aliphatic heterocycles. The van der Waals surface area contributed by atoms with Crippen LogP contribution in [0.5, 0.6) is 0 Å². The molecule has 17 heavy (non-hydrogen) atoms. The van der Waals surface area contributed by atoms with Crippen molar-refractivity contribution in [3.63, 3.8) is 0 Å². The van der Waals surface area contributed by atoms with Crippen molar-refractivity contribution in [3.8, 4) is 0 Å². The van der Waals surface area contributed by atoms with Crippen molar-refractivity contribution >= 4 is 11.9 Å². The van der Waals surface area contributed by atoms with Crippen LogP contribution in [-0.4, -0.2) is 6.21 Å². The van der Waals surface area contributed by atoms with Gasteiger partial charge in [0.25, 0.3) is 0 Å². The first-order chi connectivity index (χ1) is 8.25. The summed E-state index contributed by atoms with van der Waals surface area (Å²) in [5.74, 6) is -0.226. The van der Waals surface area contributed by atoms with Gasteiger partial charge in [0.15, 0.2) is 0 Å². The first-order valence-electron chi connectivity index (χ1n) is 5.36. The molecule has 0 amide bonds. The summed E-state index contributed by atoms with van der Waals surface area (Å²) in [4.78, 5) is 0. The summed E-state index contributed by atoms with van der Waals surface area (Å²) in [6.45, 7) is 1.85. The maximum Gasteiger partial charge on any atom is 0.123 e. The minimum atomic E-state index is -0.226. The topological polar surface area (TPSA) is 24.4 Å². The molecule has 0 fully saturated rings. The standard InChI is InChI=1S/C14H13FN2/c1-11-9-13(15)8-7-12(11)10-16-17-14-5-3-2-4-6-14/h2-10,17H,1H3. The van der Waals surface area contributed by atoms with E-state index in [4.69, 9.17) is 0 Å². The normalized spacial score (nSPS) is 10.7. The van der Waals surface area contributed by atoms with Crippen LogP contribution in [-0.2, 0) is 0 Å². The van der Waals surface area contributed by atoms with E-state index in [9.17, 15) is 4.39 Å². The minimum Gasteiger partial charge on any atom is -0.279 e. The second-order valence-corrected chi connectivity index (χ2v) is 3.74. The number of para-hydroxylation sites is 1. The molecule has 2 nitrogen and oxygen atoms in total. The first kappa shape index (κ1) is 11.3. The SMILES string of the molecule is Cc1cc(F)ccc1C=NNc1ccccc1. The smallest absolute Gasteiger partial charge is 0.123 e. The van der Waals surface area contributed by atoms with E-state index < -0.39 is 0 Å². The van der Waals surface area contributed by atoms with E-state index in [0.717, 1.165) is 16.8 Å². The van der Waals surface area contributed by atoms with Gasteiger partial charge in [-0.15, -0.1) is 0 Å². The van der Waals surface area contributed by atoms with Crippen molar-refractivity contribution in [1.29, 1.82) is 0 Å². The third-order valence-corrected chi connectivity index (χ3v) is 2.40. The highest BCUT2D eigenvalue weighted by Gasteiger charge is 1.96. The lowest BCUT2D eigenvalue weighted by Crippen LogP contribution is -1.92. The average Bonchev–Trinajstić information content (AvgIpc) is 2.33. The van der Waals surface area contributed by atoms with E-state index in [2.05, 4.69) is 10.5 Å². The molecule has 2 rings (SSSR count). The molecule has 0 radical (unpaired) electrons. The summed E-state index contributed by atoms with van der Waals surface area (Å²) in [7, 11) is 0. The van der Waals surface area contributed by atoms with Gasteiger partial charge in [0.1, 0.15) is 5.82 Å². The quantitative estimate of drug-likeness (QED) is 0.630. The zero-order valence-corrected chi connectivity index (χ0v) is 9.52. The number of benzene rings is 2. The van der Waals surface area contributed by atoms with Crippen LogP contribution in [0, 0.1) is 12.7 Å². The molecule has 0 heterocycles. The zero-order valence-electron chi connectivity index (χ0n) is 9.52. The van der Waals surface area contributed by atoms with E-state index in [1.807, 2.05) is 37.3 Å². The van der Waals surface area contributed by atoms with E-state index in [1.165, 1.54) is 12.1 Å². The summed E-state index contributed by atoms with van der Waals surface area (Å²) < 4.78 is 12.9. The molecular formula is C14H13FN2. The minimum absolute atomic E-state index is 0.226. The summed E-state index contributed by atoms with van der Waals surface area (Å²) in [5.41, 5.74) is 5.59. The molecule has 2 aromatic rings. The van der Waals surface area contributed by atoms with Gasteiger partial charge in [0.05, 0.1) is 11.9 Å². The van der Waals surface area contributed by atoms with Crippen molar-refractivity contribution in [3.05, 3.63) is 65.5 Å². The predicted molar refractivity (Wildman–Crippen MR) is 68.8 cm³/mol. The molecule has 3 heteroatoms. The van der Waals surface area contributed by atoms with Crippen LogP contribution in [0.3, 0.4) is 0 Å². The van der Waals surface area contributed by atoms with Gasteiger partial charge in [-0.25, -0.2) is 4.39 Å². The number of hydrazone groups is 1. The molecule has 0 spiro atoms. The Morgan fingerprint density at radius 2 is 1.88 bits per heavy atom. The lowest BCUT2D eigenvalue weighted by Gasteiger charge is -2.01. The Morgan fingerprint density at radius 1 is 1.12 bits per heavy atom. The summed E-state index contributed by atoms with van der Waals surface area (Å²) >= 11 is 0. The number of halogens is 1. The van der Waals surface area contributed by atoms with Crippen molar-refractivity contribution < 1.29 is 4.39 Å². The van der Waals surface area contributed by atoms with Crippen LogP contribution in [0.2, 0.25) is 0 Å². The Hall–Kier alpha value is -2.16. The van der Waals surface area contributed by atoms with Gasteiger partial charge in [0.2, 0.25) is 0 Å². The van der Waals surface area contributed by atoms with E-state index in [1.54, 1.807) is 12.3 Å². The number of hydrogen-bond acceptors (Lipinski definition) is 2. The van der Waals surface area contributed by atoms with Crippen molar-refractivity contribution in [2.75, 3.05) is 5.43 Å². The highest BCUT2D eigenvalue weighted by atomic mass is 19.1. The van der Waals surface area contributed by atoms with Crippen LogP contribution < -0.4 is 5.43 Å². The maximum atomic E-state index is 12.9. The van der Waals surface area contributed by atoms with Gasteiger partial charge in [-0.2, -0.15) is 5.10 Å². The number of anilines is 1. The number of hydrogen-bond donors (Lipinski definition) is 1. The Balaban J connectivity index is 2.06. The molecule has 0 bridgehead atoms. The Bertz CT molecular complexity index is 521. The van der Waals surface area contributed by atoms with Crippen molar-refractivity contribution in [2.45, 2.75) is 6.92 Å². The first-order valence-corrected chi connectivity index (χ1v) is 5.36. The largest absolute Gasteiger partial charge is 0.279 e. The number of rotatable bonds is 3. The third kappa shape index (κ3) is 3.14. The number of aryl methyl sites for hydroxylation is 1. The van der Waals surface area contributed by atoms with Gasteiger partial charge in [-0.3, -0.25) is 5.43 Å². The number of nitrogens with zero attached hydrogens (tertiary/aromatic N) is 1. The maximum absolute atomic E-state index is 12.9. The lowest BCUT2D eigenvalue weighted by atomic mass is 10.1. The highest BCUT2D eigenvalue weighted by Crippen LogP contribution is 2.08. The molecule has 86 valence electrons.